The van der Waals surface area contributed by atoms with Crippen LogP contribution in [-0.2, 0) is 11.8 Å². The number of likely N-dealkylation sites (tertiary alicyclic amines) is 1. The molecule has 0 radical (unpaired) electrons. The molecular formula is C16H25N3O. The van der Waals surface area contributed by atoms with Gasteiger partial charge in [-0.15, -0.1) is 6.58 Å². The summed E-state index contributed by atoms with van der Waals surface area (Å²) in [6.07, 6.45) is 8.41. The maximum Gasteiger partial charge on any atom is 0.237 e. The van der Waals surface area contributed by atoms with E-state index < -0.39 is 0 Å². The Morgan fingerprint density at radius 3 is 3.05 bits per heavy atom. The third kappa shape index (κ3) is 3.51. The minimum Gasteiger partial charge on any atom is -0.353 e. The van der Waals surface area contributed by atoms with E-state index in [4.69, 9.17) is 0 Å². The second-order valence-corrected chi connectivity index (χ2v) is 5.42. The lowest BCUT2D eigenvalue weighted by atomic mass is 10.1. The van der Waals surface area contributed by atoms with Gasteiger partial charge in [0.05, 0.1) is 12.6 Å². The van der Waals surface area contributed by atoms with Crippen LogP contribution < -0.4 is 5.32 Å². The quantitative estimate of drug-likeness (QED) is 0.661. The average Bonchev–Trinajstić information content (AvgIpc) is 2.73. The summed E-state index contributed by atoms with van der Waals surface area (Å²) in [5, 5.41) is 3.12. The number of nitrogens with one attached hydrogen (secondary N) is 1. The molecule has 0 aliphatic carbocycles. The Bertz CT molecular complexity index is 452. The molecule has 0 spiro atoms. The summed E-state index contributed by atoms with van der Waals surface area (Å²) in [7, 11) is 2.05. The molecule has 20 heavy (non-hydrogen) atoms. The Morgan fingerprint density at radius 1 is 1.50 bits per heavy atom. The predicted molar refractivity (Wildman–Crippen MR) is 81.4 cm³/mol. The van der Waals surface area contributed by atoms with Crippen LogP contribution in [0.5, 0.6) is 0 Å². The van der Waals surface area contributed by atoms with Gasteiger partial charge in [0, 0.05) is 32.0 Å². The lowest BCUT2D eigenvalue weighted by Crippen LogP contribution is -2.41. The van der Waals surface area contributed by atoms with Crippen molar-refractivity contribution in [2.75, 3.05) is 19.6 Å². The van der Waals surface area contributed by atoms with Crippen molar-refractivity contribution in [1.82, 2.24) is 14.8 Å². The highest BCUT2D eigenvalue weighted by atomic mass is 16.2. The smallest absolute Gasteiger partial charge is 0.237 e. The van der Waals surface area contributed by atoms with Gasteiger partial charge in [-0.3, -0.25) is 4.79 Å². The van der Waals surface area contributed by atoms with E-state index in [2.05, 4.69) is 46.7 Å². The van der Waals surface area contributed by atoms with Crippen LogP contribution in [0.3, 0.4) is 0 Å². The van der Waals surface area contributed by atoms with Gasteiger partial charge in [-0.1, -0.05) is 18.9 Å². The van der Waals surface area contributed by atoms with E-state index in [9.17, 15) is 4.79 Å². The third-order valence-corrected chi connectivity index (χ3v) is 3.96. The van der Waals surface area contributed by atoms with Crippen LogP contribution in [0.2, 0.25) is 0 Å². The van der Waals surface area contributed by atoms with Crippen LogP contribution in [0.15, 0.2) is 31.0 Å². The fourth-order valence-electron chi connectivity index (χ4n) is 2.92. The molecule has 110 valence electrons. The maximum atomic E-state index is 12.5. The predicted octanol–water partition coefficient (Wildman–Crippen LogP) is 2.24. The molecule has 1 atom stereocenters. The molecule has 0 aromatic carbocycles. The van der Waals surface area contributed by atoms with E-state index in [1.54, 1.807) is 6.08 Å². The molecule has 1 aromatic rings. The summed E-state index contributed by atoms with van der Waals surface area (Å²) >= 11 is 0. The summed E-state index contributed by atoms with van der Waals surface area (Å²) in [6.45, 7) is 5.60. The van der Waals surface area contributed by atoms with E-state index in [0.717, 1.165) is 19.4 Å². The minimum absolute atomic E-state index is 0.194. The number of hydrogen-bond acceptors (Lipinski definition) is 2. The number of nitrogens with zero attached hydrogens (tertiary/aromatic N) is 2. The molecule has 0 bridgehead atoms. The molecule has 1 N–H and O–H groups in total. The number of aryl methyl sites for hydroxylation is 1. The lowest BCUT2D eigenvalue weighted by Gasteiger charge is -2.30. The molecule has 1 unspecified atom stereocenters. The zero-order chi connectivity index (χ0) is 14.4. The zero-order valence-electron chi connectivity index (χ0n) is 12.3. The third-order valence-electron chi connectivity index (χ3n) is 3.96. The number of hydrogen-bond donors (Lipinski definition) is 1. The summed E-state index contributed by atoms with van der Waals surface area (Å²) in [5.74, 6) is 0.194. The highest BCUT2D eigenvalue weighted by Gasteiger charge is 2.27. The van der Waals surface area contributed by atoms with Gasteiger partial charge in [0.15, 0.2) is 0 Å². The van der Waals surface area contributed by atoms with Gasteiger partial charge in [0.1, 0.15) is 0 Å². The van der Waals surface area contributed by atoms with Crippen molar-refractivity contribution in [2.24, 2.45) is 7.05 Å². The van der Waals surface area contributed by atoms with Crippen molar-refractivity contribution in [3.05, 3.63) is 36.7 Å². The normalized spacial score (nSPS) is 19.6. The van der Waals surface area contributed by atoms with E-state index in [-0.39, 0.29) is 11.9 Å². The van der Waals surface area contributed by atoms with Crippen LogP contribution in [0.1, 0.15) is 37.4 Å². The topological polar surface area (TPSA) is 37.3 Å². The molecular weight excluding hydrogens is 250 g/mol. The molecule has 0 saturated carbocycles. The van der Waals surface area contributed by atoms with E-state index >= 15 is 0 Å². The molecule has 4 nitrogen and oxygen atoms in total. The van der Waals surface area contributed by atoms with Gasteiger partial charge < -0.3 is 14.8 Å². The van der Waals surface area contributed by atoms with E-state index in [1.807, 2.05) is 0 Å². The second-order valence-electron chi connectivity index (χ2n) is 5.42. The molecule has 1 aliphatic rings. The molecule has 1 aliphatic heterocycles. The van der Waals surface area contributed by atoms with Crippen molar-refractivity contribution in [3.8, 4) is 0 Å². The first-order chi connectivity index (χ1) is 9.74. The van der Waals surface area contributed by atoms with Crippen molar-refractivity contribution < 1.29 is 4.79 Å². The number of aromatic nitrogens is 1. The summed E-state index contributed by atoms with van der Waals surface area (Å²) in [6, 6.07) is 4.40. The summed E-state index contributed by atoms with van der Waals surface area (Å²) in [4.78, 5) is 14.5. The van der Waals surface area contributed by atoms with Crippen LogP contribution >= 0.6 is 0 Å². The second kappa shape index (κ2) is 7.29. The Morgan fingerprint density at radius 2 is 2.35 bits per heavy atom. The molecule has 1 amide bonds. The van der Waals surface area contributed by atoms with E-state index in [1.165, 1.54) is 18.5 Å². The molecule has 2 heterocycles. The van der Waals surface area contributed by atoms with Crippen molar-refractivity contribution in [1.29, 1.82) is 0 Å². The Labute approximate surface area is 121 Å². The Hall–Kier alpha value is -1.55. The number of rotatable bonds is 5. The summed E-state index contributed by atoms with van der Waals surface area (Å²) in [5.41, 5.74) is 1.24. The zero-order valence-corrected chi connectivity index (χ0v) is 12.3. The Balaban J connectivity index is 2.11. The van der Waals surface area contributed by atoms with Crippen LogP contribution in [0, 0.1) is 0 Å². The molecule has 2 rings (SSSR count). The van der Waals surface area contributed by atoms with Gasteiger partial charge in [-0.2, -0.15) is 0 Å². The fraction of sp³-hybridized carbons (Fsp3) is 0.562. The van der Waals surface area contributed by atoms with Gasteiger partial charge >= 0.3 is 0 Å². The highest BCUT2D eigenvalue weighted by molar-refractivity contribution is 5.78. The van der Waals surface area contributed by atoms with Crippen LogP contribution in [0.25, 0.3) is 0 Å². The van der Waals surface area contributed by atoms with Crippen molar-refractivity contribution in [2.45, 2.75) is 31.7 Å². The van der Waals surface area contributed by atoms with Gasteiger partial charge in [0.25, 0.3) is 0 Å². The standard InChI is InChI=1S/C16H25N3O/c1-3-10-17-13-16(20)19-12-6-4-5-8-15(19)14-9-7-11-18(14)2/h3,7,9,11,15,17H,1,4-6,8,10,12-13H2,2H3. The molecule has 1 fully saturated rings. The lowest BCUT2D eigenvalue weighted by molar-refractivity contribution is -0.132. The first kappa shape index (κ1) is 14.9. The number of carbonyl (C=O) groups excluding carboxylic acids is 1. The molecule has 1 aromatic heterocycles. The maximum absolute atomic E-state index is 12.5. The largest absolute Gasteiger partial charge is 0.353 e. The minimum atomic E-state index is 0.194. The van der Waals surface area contributed by atoms with Gasteiger partial charge in [0.2, 0.25) is 5.91 Å². The Kier molecular flexibility index (Phi) is 5.41. The van der Waals surface area contributed by atoms with E-state index in [0.29, 0.717) is 13.1 Å². The highest BCUT2D eigenvalue weighted by Crippen LogP contribution is 2.30. The average molecular weight is 275 g/mol. The van der Waals surface area contributed by atoms with Gasteiger partial charge in [-0.25, -0.2) is 0 Å². The van der Waals surface area contributed by atoms with Crippen LogP contribution in [0.4, 0.5) is 0 Å². The fourth-order valence-corrected chi connectivity index (χ4v) is 2.92. The molecule has 4 heteroatoms. The number of amides is 1. The van der Waals surface area contributed by atoms with Gasteiger partial charge in [-0.05, 0) is 25.0 Å². The monoisotopic (exact) mass is 275 g/mol. The SMILES string of the molecule is C=CCNCC(=O)N1CCCCCC1c1cccn1C. The first-order valence-electron chi connectivity index (χ1n) is 7.46. The van der Waals surface area contributed by atoms with Crippen LogP contribution in [-0.4, -0.2) is 35.0 Å². The van der Waals surface area contributed by atoms with Crippen molar-refractivity contribution in [3.63, 3.8) is 0 Å². The first-order valence-corrected chi connectivity index (χ1v) is 7.46. The summed E-state index contributed by atoms with van der Waals surface area (Å²) < 4.78 is 2.13. The number of carbonyl (C=O) groups is 1. The molecule has 1 saturated heterocycles. The van der Waals surface area contributed by atoms with Crippen molar-refractivity contribution >= 4 is 5.91 Å².